The summed E-state index contributed by atoms with van der Waals surface area (Å²) in [6, 6.07) is 10.4. The molecular formula is C17H25N3O. The molecule has 2 N–H and O–H groups in total. The summed E-state index contributed by atoms with van der Waals surface area (Å²) in [7, 11) is 0. The molecule has 1 aromatic carbocycles. The third-order valence-electron chi connectivity index (χ3n) is 3.75. The molecule has 114 valence electrons. The lowest BCUT2D eigenvalue weighted by molar-refractivity contribution is 0.297. The fourth-order valence-electron chi connectivity index (χ4n) is 2.37. The maximum Gasteiger partial charge on any atom is 0.132 e. The van der Waals surface area contributed by atoms with Crippen LogP contribution in [0, 0.1) is 0 Å². The normalized spacial score (nSPS) is 12.6. The van der Waals surface area contributed by atoms with E-state index in [1.165, 1.54) is 0 Å². The lowest BCUT2D eigenvalue weighted by Gasteiger charge is -2.12. The summed E-state index contributed by atoms with van der Waals surface area (Å²) in [5.74, 6) is 0.835. The Labute approximate surface area is 126 Å². The number of nitrogens with zero attached hydrogens (tertiary/aromatic N) is 2. The van der Waals surface area contributed by atoms with E-state index in [-0.39, 0.29) is 6.04 Å². The van der Waals surface area contributed by atoms with Gasteiger partial charge in [0.15, 0.2) is 0 Å². The molecule has 0 aliphatic carbocycles. The quantitative estimate of drug-likeness (QED) is 0.841. The number of hydrogen-bond donors (Lipinski definition) is 1. The van der Waals surface area contributed by atoms with E-state index in [2.05, 4.69) is 18.9 Å². The predicted molar refractivity (Wildman–Crippen MR) is 85.2 cm³/mol. The van der Waals surface area contributed by atoms with Gasteiger partial charge in [0, 0.05) is 12.2 Å². The molecule has 0 saturated heterocycles. The SMILES string of the molecule is CCC(CC)n1ccc(COc2cccc([C@H](C)N)c2)n1. The van der Waals surface area contributed by atoms with Gasteiger partial charge in [-0.15, -0.1) is 0 Å². The largest absolute Gasteiger partial charge is 0.487 e. The van der Waals surface area contributed by atoms with Crippen LogP contribution in [0.25, 0.3) is 0 Å². The molecule has 0 saturated carbocycles. The van der Waals surface area contributed by atoms with E-state index in [0.29, 0.717) is 12.6 Å². The van der Waals surface area contributed by atoms with Crippen LogP contribution >= 0.6 is 0 Å². The van der Waals surface area contributed by atoms with E-state index in [1.54, 1.807) is 0 Å². The molecule has 0 aliphatic heterocycles. The Morgan fingerprint density at radius 1 is 1.24 bits per heavy atom. The number of rotatable bonds is 7. The minimum Gasteiger partial charge on any atom is -0.487 e. The average molecular weight is 287 g/mol. The molecule has 2 aromatic rings. The van der Waals surface area contributed by atoms with E-state index in [9.17, 15) is 0 Å². The second kappa shape index (κ2) is 7.27. The maximum atomic E-state index is 5.89. The van der Waals surface area contributed by atoms with Crippen LogP contribution in [-0.4, -0.2) is 9.78 Å². The molecule has 0 aliphatic rings. The van der Waals surface area contributed by atoms with Gasteiger partial charge in [-0.25, -0.2) is 0 Å². The minimum atomic E-state index is 0.0163. The molecule has 4 nitrogen and oxygen atoms in total. The molecule has 0 amide bonds. The first kappa shape index (κ1) is 15.6. The monoisotopic (exact) mass is 287 g/mol. The molecule has 21 heavy (non-hydrogen) atoms. The van der Waals surface area contributed by atoms with E-state index < -0.39 is 0 Å². The number of aromatic nitrogens is 2. The van der Waals surface area contributed by atoms with E-state index >= 15 is 0 Å². The highest BCUT2D eigenvalue weighted by Gasteiger charge is 2.08. The molecule has 1 heterocycles. The predicted octanol–water partition coefficient (Wildman–Crippen LogP) is 3.84. The van der Waals surface area contributed by atoms with Gasteiger partial charge in [-0.05, 0) is 43.5 Å². The summed E-state index contributed by atoms with van der Waals surface area (Å²) in [4.78, 5) is 0. The van der Waals surface area contributed by atoms with Crippen LogP contribution in [0.4, 0.5) is 0 Å². The van der Waals surface area contributed by atoms with Crippen molar-refractivity contribution in [3.8, 4) is 5.75 Å². The highest BCUT2D eigenvalue weighted by molar-refractivity contribution is 5.30. The highest BCUT2D eigenvalue weighted by atomic mass is 16.5. The minimum absolute atomic E-state index is 0.0163. The molecule has 0 spiro atoms. The molecule has 0 unspecified atom stereocenters. The number of benzene rings is 1. The molecule has 1 aromatic heterocycles. The van der Waals surface area contributed by atoms with Crippen LogP contribution in [0.3, 0.4) is 0 Å². The van der Waals surface area contributed by atoms with E-state index in [4.69, 9.17) is 10.5 Å². The van der Waals surface area contributed by atoms with Gasteiger partial charge in [0.2, 0.25) is 0 Å². The van der Waals surface area contributed by atoms with Crippen molar-refractivity contribution < 1.29 is 4.74 Å². The summed E-state index contributed by atoms with van der Waals surface area (Å²) >= 11 is 0. The Balaban J connectivity index is 1.98. The fourth-order valence-corrected chi connectivity index (χ4v) is 2.37. The molecule has 0 fully saturated rings. The zero-order valence-electron chi connectivity index (χ0n) is 13.1. The van der Waals surface area contributed by atoms with E-state index in [0.717, 1.165) is 29.8 Å². The molecule has 2 rings (SSSR count). The summed E-state index contributed by atoms with van der Waals surface area (Å²) < 4.78 is 7.85. The van der Waals surface area contributed by atoms with Crippen LogP contribution in [0.2, 0.25) is 0 Å². The fraction of sp³-hybridized carbons (Fsp3) is 0.471. The lowest BCUT2D eigenvalue weighted by Crippen LogP contribution is -2.08. The van der Waals surface area contributed by atoms with Crippen LogP contribution in [0.15, 0.2) is 36.5 Å². The molecule has 0 bridgehead atoms. The van der Waals surface area contributed by atoms with Gasteiger partial charge in [-0.1, -0.05) is 26.0 Å². The van der Waals surface area contributed by atoms with Crippen molar-refractivity contribution in [1.82, 2.24) is 9.78 Å². The number of nitrogens with two attached hydrogens (primary N) is 1. The molecule has 4 heteroatoms. The second-order valence-electron chi connectivity index (χ2n) is 5.41. The molecule has 0 radical (unpaired) electrons. The Kier molecular flexibility index (Phi) is 5.39. The van der Waals surface area contributed by atoms with E-state index in [1.807, 2.05) is 48.1 Å². The van der Waals surface area contributed by atoms with Gasteiger partial charge in [0.1, 0.15) is 12.4 Å². The van der Waals surface area contributed by atoms with Gasteiger partial charge >= 0.3 is 0 Å². The van der Waals surface area contributed by atoms with Crippen molar-refractivity contribution in [2.24, 2.45) is 5.73 Å². The first-order valence-corrected chi connectivity index (χ1v) is 7.66. The van der Waals surface area contributed by atoms with Crippen molar-refractivity contribution in [3.05, 3.63) is 47.8 Å². The van der Waals surface area contributed by atoms with Crippen molar-refractivity contribution >= 4 is 0 Å². The first-order valence-electron chi connectivity index (χ1n) is 7.66. The Hall–Kier alpha value is -1.81. The van der Waals surface area contributed by atoms with Crippen LogP contribution < -0.4 is 10.5 Å². The van der Waals surface area contributed by atoms with Gasteiger partial charge in [0.25, 0.3) is 0 Å². The summed E-state index contributed by atoms with van der Waals surface area (Å²) in [6.45, 7) is 6.82. The lowest BCUT2D eigenvalue weighted by atomic mass is 10.1. The summed E-state index contributed by atoms with van der Waals surface area (Å²) in [6.07, 6.45) is 4.22. The summed E-state index contributed by atoms with van der Waals surface area (Å²) in [5, 5.41) is 4.59. The van der Waals surface area contributed by atoms with Crippen LogP contribution in [0.1, 0.15) is 57.0 Å². The summed E-state index contributed by atoms with van der Waals surface area (Å²) in [5.41, 5.74) is 7.92. The third-order valence-corrected chi connectivity index (χ3v) is 3.75. The van der Waals surface area contributed by atoms with Gasteiger partial charge in [-0.3, -0.25) is 4.68 Å². The average Bonchev–Trinajstić information content (AvgIpc) is 2.95. The zero-order chi connectivity index (χ0) is 15.2. The Morgan fingerprint density at radius 2 is 2.00 bits per heavy atom. The van der Waals surface area contributed by atoms with Crippen LogP contribution in [0.5, 0.6) is 5.75 Å². The number of hydrogen-bond acceptors (Lipinski definition) is 3. The van der Waals surface area contributed by atoms with Gasteiger partial charge < -0.3 is 10.5 Å². The van der Waals surface area contributed by atoms with Gasteiger partial charge in [0.05, 0.1) is 11.7 Å². The Morgan fingerprint density at radius 3 is 2.67 bits per heavy atom. The van der Waals surface area contributed by atoms with Crippen LogP contribution in [-0.2, 0) is 6.61 Å². The smallest absolute Gasteiger partial charge is 0.132 e. The molecule has 1 atom stereocenters. The van der Waals surface area contributed by atoms with Crippen molar-refractivity contribution in [2.45, 2.75) is 52.3 Å². The number of ether oxygens (including phenoxy) is 1. The standard InChI is InChI=1S/C17H25N3O/c1-4-16(5-2)20-10-9-15(19-20)12-21-17-8-6-7-14(11-17)13(3)18/h6-11,13,16H,4-5,12,18H2,1-3H3/t13-/m0/s1. The zero-order valence-corrected chi connectivity index (χ0v) is 13.1. The second-order valence-corrected chi connectivity index (χ2v) is 5.41. The molecular weight excluding hydrogens is 262 g/mol. The third kappa shape index (κ3) is 4.08. The highest BCUT2D eigenvalue weighted by Crippen LogP contribution is 2.19. The van der Waals surface area contributed by atoms with Crippen molar-refractivity contribution in [3.63, 3.8) is 0 Å². The van der Waals surface area contributed by atoms with Crippen molar-refractivity contribution in [2.75, 3.05) is 0 Å². The maximum absolute atomic E-state index is 5.89. The Bertz CT molecular complexity index is 559. The van der Waals surface area contributed by atoms with Gasteiger partial charge in [-0.2, -0.15) is 5.10 Å². The first-order chi connectivity index (χ1) is 10.1. The topological polar surface area (TPSA) is 53.1 Å². The van der Waals surface area contributed by atoms with Crippen molar-refractivity contribution in [1.29, 1.82) is 0 Å².